The fraction of sp³-hybridized carbons (Fsp3) is 0.667. The molecule has 0 spiro atoms. The molecule has 8 nitrogen and oxygen atoms in total. The third kappa shape index (κ3) is 15.6. The molecule has 0 aromatic rings. The van der Waals surface area contributed by atoms with Gasteiger partial charge in [-0.15, -0.1) is 0 Å². The van der Waals surface area contributed by atoms with E-state index in [2.05, 4.69) is 8.37 Å². The molecular formula is C6H12O8S. The van der Waals surface area contributed by atoms with Gasteiger partial charge in [-0.1, -0.05) is 0 Å². The number of carboxylic acids is 2. The van der Waals surface area contributed by atoms with Crippen LogP contribution in [0.5, 0.6) is 0 Å². The van der Waals surface area contributed by atoms with Crippen molar-refractivity contribution in [2.45, 2.75) is 12.8 Å². The van der Waals surface area contributed by atoms with E-state index in [4.69, 9.17) is 10.2 Å². The molecule has 0 aromatic carbocycles. The summed E-state index contributed by atoms with van der Waals surface area (Å²) in [4.78, 5) is 19.3. The average molecular weight is 244 g/mol. The molecule has 0 saturated heterocycles. The number of hydrogen-bond acceptors (Lipinski definition) is 6. The predicted molar refractivity (Wildman–Crippen MR) is 47.4 cm³/mol. The summed E-state index contributed by atoms with van der Waals surface area (Å²) in [5.74, 6) is -2.15. The Morgan fingerprint density at radius 1 is 1.00 bits per heavy atom. The Morgan fingerprint density at radius 3 is 1.33 bits per heavy atom. The van der Waals surface area contributed by atoms with Crippen LogP contribution >= 0.6 is 0 Å². The summed E-state index contributed by atoms with van der Waals surface area (Å²) in [7, 11) is -1.60. The first-order valence-electron chi connectivity index (χ1n) is 3.55. The van der Waals surface area contributed by atoms with Crippen LogP contribution in [0.4, 0.5) is 0 Å². The summed E-state index contributed by atoms with van der Waals surface area (Å²) in [5.41, 5.74) is 0. The van der Waals surface area contributed by atoms with E-state index in [-0.39, 0.29) is 12.8 Å². The lowest BCUT2D eigenvalue weighted by atomic mass is 10.3. The Morgan fingerprint density at radius 2 is 1.27 bits per heavy atom. The van der Waals surface area contributed by atoms with E-state index in [9.17, 15) is 18.0 Å². The quantitative estimate of drug-likeness (QED) is 0.660. The highest BCUT2D eigenvalue weighted by molar-refractivity contribution is 7.81. The minimum Gasteiger partial charge on any atom is -0.481 e. The molecule has 90 valence electrons. The third-order valence-corrected chi connectivity index (χ3v) is 1.78. The first-order chi connectivity index (χ1) is 6.75. The molecule has 0 radical (unpaired) electrons. The number of carbonyl (C=O) groups is 2. The van der Waals surface area contributed by atoms with Crippen molar-refractivity contribution in [2.75, 3.05) is 14.2 Å². The van der Waals surface area contributed by atoms with E-state index in [1.165, 1.54) is 0 Å². The monoisotopic (exact) mass is 244 g/mol. The lowest BCUT2D eigenvalue weighted by Gasteiger charge is -1.91. The maximum absolute atomic E-state index is 9.92. The number of hydrogen-bond donors (Lipinski definition) is 2. The van der Waals surface area contributed by atoms with Crippen molar-refractivity contribution in [2.24, 2.45) is 0 Å². The highest BCUT2D eigenvalue weighted by Crippen LogP contribution is 1.86. The Labute approximate surface area is 86.8 Å². The van der Waals surface area contributed by atoms with Gasteiger partial charge < -0.3 is 10.2 Å². The summed E-state index contributed by atoms with van der Waals surface area (Å²) in [6, 6.07) is 0. The zero-order valence-corrected chi connectivity index (χ0v) is 8.98. The van der Waals surface area contributed by atoms with E-state index in [1.807, 2.05) is 0 Å². The molecule has 0 saturated carbocycles. The Hall–Kier alpha value is -1.19. The van der Waals surface area contributed by atoms with Crippen molar-refractivity contribution >= 4 is 22.3 Å². The van der Waals surface area contributed by atoms with E-state index in [0.717, 1.165) is 14.2 Å². The van der Waals surface area contributed by atoms with Gasteiger partial charge in [0.05, 0.1) is 27.1 Å². The molecular weight excluding hydrogens is 232 g/mol. The normalized spacial score (nSPS) is 10.0. The van der Waals surface area contributed by atoms with Gasteiger partial charge in [-0.2, -0.15) is 8.42 Å². The van der Waals surface area contributed by atoms with Crippen molar-refractivity contribution in [3.05, 3.63) is 0 Å². The van der Waals surface area contributed by atoms with Crippen LogP contribution in [0.3, 0.4) is 0 Å². The number of aliphatic carboxylic acids is 2. The van der Waals surface area contributed by atoms with Crippen LogP contribution in [-0.4, -0.2) is 44.8 Å². The SMILES string of the molecule is COS(=O)(=O)OC.O=C(O)CCC(=O)O. The van der Waals surface area contributed by atoms with Gasteiger partial charge in [0.1, 0.15) is 0 Å². The highest BCUT2D eigenvalue weighted by atomic mass is 32.3. The predicted octanol–water partition coefficient (Wildman–Crippen LogP) is -0.540. The van der Waals surface area contributed by atoms with Gasteiger partial charge in [-0.05, 0) is 0 Å². The van der Waals surface area contributed by atoms with E-state index < -0.39 is 22.3 Å². The van der Waals surface area contributed by atoms with Crippen LogP contribution in [0.15, 0.2) is 0 Å². The summed E-state index contributed by atoms with van der Waals surface area (Å²) in [6.07, 6.45) is -0.593. The largest absolute Gasteiger partial charge is 0.481 e. The molecule has 0 amide bonds. The average Bonchev–Trinajstić information content (AvgIpc) is 2.16. The Kier molecular flexibility index (Phi) is 8.82. The van der Waals surface area contributed by atoms with Crippen LogP contribution in [0.1, 0.15) is 12.8 Å². The second-order valence-corrected chi connectivity index (χ2v) is 3.51. The van der Waals surface area contributed by atoms with E-state index >= 15 is 0 Å². The van der Waals surface area contributed by atoms with Crippen LogP contribution < -0.4 is 0 Å². The fourth-order valence-corrected chi connectivity index (χ4v) is 0.418. The van der Waals surface area contributed by atoms with Crippen molar-refractivity contribution < 1.29 is 36.6 Å². The summed E-state index contributed by atoms with van der Waals surface area (Å²) in [6.45, 7) is 0. The molecule has 0 atom stereocenters. The number of carboxylic acid groups (broad SMARTS) is 2. The van der Waals surface area contributed by atoms with Crippen LogP contribution in [0, 0.1) is 0 Å². The maximum Gasteiger partial charge on any atom is 0.399 e. The zero-order valence-electron chi connectivity index (χ0n) is 8.17. The van der Waals surface area contributed by atoms with Gasteiger partial charge in [0.15, 0.2) is 0 Å². The van der Waals surface area contributed by atoms with Gasteiger partial charge in [-0.3, -0.25) is 18.0 Å². The molecule has 0 aliphatic rings. The summed E-state index contributed by atoms with van der Waals surface area (Å²) >= 11 is 0. The molecule has 0 bridgehead atoms. The lowest BCUT2D eigenvalue weighted by molar-refractivity contribution is -0.143. The first kappa shape index (κ1) is 16.2. The molecule has 2 N–H and O–H groups in total. The van der Waals surface area contributed by atoms with Gasteiger partial charge in [-0.25, -0.2) is 0 Å². The van der Waals surface area contributed by atoms with Crippen molar-refractivity contribution in [1.82, 2.24) is 0 Å². The van der Waals surface area contributed by atoms with Gasteiger partial charge >= 0.3 is 22.3 Å². The van der Waals surface area contributed by atoms with Gasteiger partial charge in [0.25, 0.3) is 0 Å². The molecule has 9 heteroatoms. The Balaban J connectivity index is 0. The summed E-state index contributed by atoms with van der Waals surface area (Å²) < 4.78 is 27.5. The van der Waals surface area contributed by atoms with E-state index in [0.29, 0.717) is 0 Å². The van der Waals surface area contributed by atoms with E-state index in [1.54, 1.807) is 0 Å². The van der Waals surface area contributed by atoms with Crippen molar-refractivity contribution in [1.29, 1.82) is 0 Å². The van der Waals surface area contributed by atoms with Crippen molar-refractivity contribution in [3.63, 3.8) is 0 Å². The topological polar surface area (TPSA) is 127 Å². The Bertz CT molecular complexity index is 268. The zero-order chi connectivity index (χ0) is 12.5. The molecule has 0 aliphatic heterocycles. The molecule has 0 heterocycles. The van der Waals surface area contributed by atoms with Gasteiger partial charge in [0, 0.05) is 0 Å². The summed E-state index contributed by atoms with van der Waals surface area (Å²) in [5, 5.41) is 15.8. The van der Waals surface area contributed by atoms with Gasteiger partial charge in [0.2, 0.25) is 0 Å². The third-order valence-electron chi connectivity index (χ3n) is 0.961. The number of rotatable bonds is 5. The molecule has 0 aromatic heterocycles. The van der Waals surface area contributed by atoms with Crippen LogP contribution in [0.2, 0.25) is 0 Å². The van der Waals surface area contributed by atoms with Crippen LogP contribution in [0.25, 0.3) is 0 Å². The lowest BCUT2D eigenvalue weighted by Crippen LogP contribution is -2.02. The maximum atomic E-state index is 9.92. The molecule has 15 heavy (non-hydrogen) atoms. The molecule has 0 fully saturated rings. The first-order valence-corrected chi connectivity index (χ1v) is 4.88. The second-order valence-electron chi connectivity index (χ2n) is 2.03. The highest BCUT2D eigenvalue weighted by Gasteiger charge is 2.01. The van der Waals surface area contributed by atoms with Crippen LogP contribution in [-0.2, 0) is 28.4 Å². The van der Waals surface area contributed by atoms with Crippen molar-refractivity contribution in [3.8, 4) is 0 Å². The fourth-order valence-electron chi connectivity index (χ4n) is 0.282. The minimum absolute atomic E-state index is 0.296. The molecule has 0 aliphatic carbocycles. The molecule has 0 rings (SSSR count). The molecule has 0 unspecified atom stereocenters. The smallest absolute Gasteiger partial charge is 0.399 e. The standard InChI is InChI=1S/C4H6O4.C2H6O4S/c5-3(6)1-2-4(7)8;1-5-7(3,4)6-2/h1-2H2,(H,5,6)(H,7,8);1-2H3. The second kappa shape index (κ2) is 8.15. The minimum atomic E-state index is -3.66.